The van der Waals surface area contributed by atoms with Gasteiger partial charge in [-0.05, 0) is 113 Å². The van der Waals surface area contributed by atoms with Gasteiger partial charge < -0.3 is 19.3 Å². The zero-order valence-electron chi connectivity index (χ0n) is 39.3. The molecule has 0 saturated heterocycles. The van der Waals surface area contributed by atoms with Crippen LogP contribution in [0.25, 0.3) is 52.0 Å². The van der Waals surface area contributed by atoms with E-state index in [0.29, 0.717) is 55.7 Å². The van der Waals surface area contributed by atoms with Crippen molar-refractivity contribution in [2.75, 3.05) is 18.6 Å². The van der Waals surface area contributed by atoms with Crippen LogP contribution in [0.2, 0.25) is 0 Å². The number of nitrogens with one attached hydrogen (secondary N) is 2. The van der Waals surface area contributed by atoms with Crippen LogP contribution in [0.5, 0.6) is 11.5 Å². The molecule has 0 bridgehead atoms. The number of esters is 1. The summed E-state index contributed by atoms with van der Waals surface area (Å²) in [6, 6.07) is 21.2. The first-order valence-electron chi connectivity index (χ1n) is 22.4. The van der Waals surface area contributed by atoms with Crippen LogP contribution in [0.15, 0.2) is 72.8 Å². The number of benzene rings is 4. The van der Waals surface area contributed by atoms with E-state index in [4.69, 9.17) is 27.7 Å². The molecule has 2 atom stereocenters. The molecule has 0 aliphatic heterocycles. The summed E-state index contributed by atoms with van der Waals surface area (Å²) in [5, 5.41) is 29.1. The summed E-state index contributed by atoms with van der Waals surface area (Å²) in [6.45, 7) is 22.6. The highest BCUT2D eigenvalue weighted by atomic mass is 32.2. The van der Waals surface area contributed by atoms with E-state index in [9.17, 15) is 26.4 Å². The second kappa shape index (κ2) is 22.6. The molecule has 0 fully saturated rings. The molecule has 0 saturated carbocycles. The lowest BCUT2D eigenvalue weighted by Crippen LogP contribution is -2.35. The molecule has 71 heavy (non-hydrogen) atoms. The van der Waals surface area contributed by atoms with Crippen LogP contribution in [0.3, 0.4) is 0 Å². The number of carboxylic acids is 1. The predicted octanol–water partition coefficient (Wildman–Crippen LogP) is 9.27. The number of aromatic nitrogens is 4. The molecular formula is C49H50N8O10S4. The summed E-state index contributed by atoms with van der Waals surface area (Å²) < 4.78 is 70.5. The Hall–Kier alpha value is -6.66. The van der Waals surface area contributed by atoms with E-state index in [-0.39, 0.29) is 12.2 Å². The third-order valence-electron chi connectivity index (χ3n) is 11.2. The predicted molar refractivity (Wildman–Crippen MR) is 270 cm³/mol. The molecular weight excluding hydrogens is 989 g/mol. The number of fused-ring (bicyclic) bond motifs is 2. The average Bonchev–Trinajstić information content (AvgIpc) is 4.02. The van der Waals surface area contributed by atoms with Crippen molar-refractivity contribution in [3.63, 3.8) is 0 Å². The highest BCUT2D eigenvalue weighted by molar-refractivity contribution is 7.90. The largest absolute Gasteiger partial charge is 0.502 e. The molecule has 0 unspecified atom stereocenters. The Morgan fingerprint density at radius 3 is 1.49 bits per heavy atom. The number of aliphatic carboxylic acids is 1. The van der Waals surface area contributed by atoms with Crippen molar-refractivity contribution < 1.29 is 45.7 Å². The molecule has 2 aromatic heterocycles. The number of carbonyl (C=O) groups is 2. The summed E-state index contributed by atoms with van der Waals surface area (Å²) in [6.07, 6.45) is 4.19. The number of carbonyl (C=O) groups excluding carboxylic acids is 1. The molecule has 2 aliphatic carbocycles. The summed E-state index contributed by atoms with van der Waals surface area (Å²) in [7, 11) is -6.65. The maximum absolute atomic E-state index is 12.5. The zero-order valence-corrected chi connectivity index (χ0v) is 42.6. The number of sulfonamides is 2. The van der Waals surface area contributed by atoms with E-state index in [1.165, 1.54) is 22.7 Å². The number of carboxylic acid groups (broad SMARTS) is 1. The number of nitrogens with zero attached hydrogens (tertiary/aromatic N) is 6. The van der Waals surface area contributed by atoms with Gasteiger partial charge in [-0.2, -0.15) is 0 Å². The van der Waals surface area contributed by atoms with Gasteiger partial charge >= 0.3 is 11.9 Å². The maximum atomic E-state index is 12.5. The third kappa shape index (κ3) is 13.0. The van der Waals surface area contributed by atoms with Crippen LogP contribution >= 0.6 is 22.7 Å². The van der Waals surface area contributed by atoms with Crippen LogP contribution in [0.1, 0.15) is 87.7 Å². The Labute approximate surface area is 420 Å². The third-order valence-corrected chi connectivity index (χ3v) is 15.7. The van der Waals surface area contributed by atoms with Crippen molar-refractivity contribution in [1.82, 2.24) is 29.8 Å². The van der Waals surface area contributed by atoms with Gasteiger partial charge in [-0.3, -0.25) is 9.59 Å². The van der Waals surface area contributed by atoms with Gasteiger partial charge in [-0.15, -0.1) is 20.4 Å². The number of hydrogen-bond donors (Lipinski definition) is 3. The smallest absolute Gasteiger partial charge is 0.322 e. The maximum Gasteiger partial charge on any atom is 0.322 e. The first-order valence-corrected chi connectivity index (χ1v) is 27.4. The lowest BCUT2D eigenvalue weighted by molar-refractivity contribution is -0.137. The second-order valence-electron chi connectivity index (χ2n) is 17.1. The van der Waals surface area contributed by atoms with Gasteiger partial charge in [0.05, 0.1) is 32.5 Å². The van der Waals surface area contributed by atoms with Crippen molar-refractivity contribution in [1.29, 1.82) is 0 Å². The molecule has 8 rings (SSSR count). The minimum atomic E-state index is -3.96. The van der Waals surface area contributed by atoms with Crippen LogP contribution in [0.4, 0.5) is 11.4 Å². The minimum Gasteiger partial charge on any atom is -0.502 e. The molecule has 2 heterocycles. The van der Waals surface area contributed by atoms with Crippen LogP contribution in [-0.4, -0.2) is 85.1 Å². The van der Waals surface area contributed by atoms with Crippen molar-refractivity contribution in [2.45, 2.75) is 90.5 Å². The average molecular weight is 1040 g/mol. The first kappa shape index (κ1) is 52.2. The Kier molecular flexibility index (Phi) is 16.6. The zero-order chi connectivity index (χ0) is 51.0. The molecule has 0 amide bonds. The normalized spacial score (nSPS) is 15.3. The minimum absolute atomic E-state index is 0.0393. The second-order valence-corrected chi connectivity index (χ2v) is 22.6. The molecule has 4 aromatic carbocycles. The van der Waals surface area contributed by atoms with Crippen molar-refractivity contribution >= 4 is 66.0 Å². The van der Waals surface area contributed by atoms with Gasteiger partial charge in [0, 0.05) is 34.3 Å². The molecule has 2 aliphatic rings. The summed E-state index contributed by atoms with van der Waals surface area (Å²) >= 11 is 2.80. The van der Waals surface area contributed by atoms with E-state index >= 15 is 0 Å². The van der Waals surface area contributed by atoms with Gasteiger partial charge in [-0.1, -0.05) is 71.2 Å². The lowest BCUT2D eigenvalue weighted by Gasteiger charge is -2.27. The number of rotatable bonds is 16. The Bertz CT molecular complexity index is 3270. The monoisotopic (exact) mass is 1040 g/mol. The fourth-order valence-corrected chi connectivity index (χ4v) is 12.4. The van der Waals surface area contributed by atoms with Gasteiger partial charge in [0.15, 0.2) is 11.5 Å². The Morgan fingerprint density at radius 1 is 0.676 bits per heavy atom. The van der Waals surface area contributed by atoms with Gasteiger partial charge in [0.1, 0.15) is 31.5 Å². The Morgan fingerprint density at radius 2 is 1.10 bits per heavy atom. The summed E-state index contributed by atoms with van der Waals surface area (Å²) in [5.74, 6) is -2.83. The molecule has 0 spiro atoms. The van der Waals surface area contributed by atoms with Crippen molar-refractivity contribution in [3.05, 3.63) is 118 Å². The van der Waals surface area contributed by atoms with Crippen LogP contribution in [0, 0.1) is 13.1 Å². The number of methoxy groups -OCH3 is 1. The molecule has 0 radical (unpaired) electrons. The number of hydrogen-bond acceptors (Lipinski definition) is 15. The number of ether oxygens (including phenoxy) is 3. The van der Waals surface area contributed by atoms with E-state index in [0.717, 1.165) is 77.3 Å². The molecule has 18 nitrogen and oxygen atoms in total. The SMILES string of the molecule is [C-]#[N+]c1cc(-c2nnc(-c3cccc4c3CCC[C@H]4NS(=O)(=O)CC(=O)O)s2)ccc1OC(C)C.[C-]#[N+]c1cc(-c2nnc(-c3cccc4c3CCC[C@H]4NS(=O)(=O)CC(=O)OC)s2)ccc1OC(C)C. The first-order chi connectivity index (χ1) is 33.9. The fourth-order valence-electron chi connectivity index (χ4n) is 8.32. The Balaban J connectivity index is 0.000000209. The topological polar surface area (TPSA) is 235 Å². The van der Waals surface area contributed by atoms with Crippen molar-refractivity contribution in [2.24, 2.45) is 0 Å². The summed E-state index contributed by atoms with van der Waals surface area (Å²) in [5.41, 5.74) is 7.82. The summed E-state index contributed by atoms with van der Waals surface area (Å²) in [4.78, 5) is 29.6. The fraction of sp³-hybridized carbons (Fsp3) is 0.347. The van der Waals surface area contributed by atoms with Crippen LogP contribution in [-0.2, 0) is 47.2 Å². The van der Waals surface area contributed by atoms with Crippen LogP contribution < -0.4 is 18.9 Å². The molecule has 370 valence electrons. The standard InChI is InChI=1S/C25H26N4O5S2.C24H24N4O5S2/c1-15(2)34-22-12-11-16(13-21(22)26-3)24-27-28-25(35-24)19-9-5-8-18-17(19)7-6-10-20(18)29-36(31,32)14-23(30)33-4;1-14(2)33-21-11-10-15(12-20(21)25-3)23-26-27-24(34-23)18-8-4-7-17-16(18)6-5-9-19(17)28-35(31,32)13-22(29)30/h5,8-9,11-13,15,20,29H,6-7,10,14H2,1-2,4H3;4,7-8,10-12,14,19,28H,5-6,9,13H2,1-2H3,(H,29,30)/t20-;19-/m11/s1. The van der Waals surface area contributed by atoms with E-state index in [2.05, 4.69) is 44.3 Å². The van der Waals surface area contributed by atoms with Gasteiger partial charge in [-0.25, -0.2) is 36.0 Å². The van der Waals surface area contributed by atoms with Gasteiger partial charge in [0.25, 0.3) is 0 Å². The van der Waals surface area contributed by atoms with Crippen molar-refractivity contribution in [3.8, 4) is 53.8 Å². The highest BCUT2D eigenvalue weighted by Gasteiger charge is 2.30. The highest BCUT2D eigenvalue weighted by Crippen LogP contribution is 2.42. The van der Waals surface area contributed by atoms with Gasteiger partial charge in [0.2, 0.25) is 31.4 Å². The molecule has 6 aromatic rings. The lowest BCUT2D eigenvalue weighted by atomic mass is 9.85. The molecule has 3 N–H and O–H groups in total. The molecule has 22 heteroatoms. The van der Waals surface area contributed by atoms with E-state index in [1.54, 1.807) is 24.3 Å². The van der Waals surface area contributed by atoms with E-state index < -0.39 is 55.6 Å². The quantitative estimate of drug-likeness (QED) is 0.0606. The van der Waals surface area contributed by atoms with E-state index in [1.807, 2.05) is 76.2 Å².